The van der Waals surface area contributed by atoms with Crippen LogP contribution in [0.4, 0.5) is 9.93 Å². The molecule has 1 atom stereocenters. The molecule has 1 aliphatic heterocycles. The van der Waals surface area contributed by atoms with Gasteiger partial charge in [0.05, 0.1) is 33.0 Å². The molecule has 0 bridgehead atoms. The lowest BCUT2D eigenvalue weighted by atomic mass is 9.95. The van der Waals surface area contributed by atoms with Crippen molar-refractivity contribution in [2.75, 3.05) is 26.1 Å². The van der Waals surface area contributed by atoms with Crippen LogP contribution in [-0.2, 0) is 19.4 Å². The molecule has 1 aliphatic carbocycles. The molecule has 4 rings (SSSR count). The number of nitrogens with zero attached hydrogens (tertiary/aromatic N) is 2. The van der Waals surface area contributed by atoms with Crippen LogP contribution >= 0.6 is 11.3 Å². The molecular weight excluding hydrogens is 378 g/mol. The summed E-state index contributed by atoms with van der Waals surface area (Å²) in [5.74, 6) is 1.24. The second-order valence-corrected chi connectivity index (χ2v) is 8.22. The van der Waals surface area contributed by atoms with Crippen LogP contribution < -0.4 is 14.8 Å². The summed E-state index contributed by atoms with van der Waals surface area (Å²) in [7, 11) is 3.15. The number of aryl methyl sites for hydroxylation is 2. The zero-order valence-electron chi connectivity index (χ0n) is 16.2. The molecule has 0 spiro atoms. The van der Waals surface area contributed by atoms with Crippen molar-refractivity contribution in [1.29, 1.82) is 0 Å². The highest BCUT2D eigenvalue weighted by atomic mass is 32.1. The van der Waals surface area contributed by atoms with Gasteiger partial charge in [0.1, 0.15) is 17.6 Å². The second kappa shape index (κ2) is 7.97. The molecule has 28 heavy (non-hydrogen) atoms. The number of benzene rings is 1. The second-order valence-electron chi connectivity index (χ2n) is 7.14. The number of rotatable bonds is 3. The van der Waals surface area contributed by atoms with Crippen LogP contribution in [0, 0.1) is 0 Å². The molecule has 7 nitrogen and oxygen atoms in total. The zero-order valence-corrected chi connectivity index (χ0v) is 17.0. The van der Waals surface area contributed by atoms with Crippen molar-refractivity contribution in [3.05, 3.63) is 33.8 Å². The molecule has 2 N–H and O–H groups in total. The minimum Gasteiger partial charge on any atom is -0.496 e. The van der Waals surface area contributed by atoms with Crippen LogP contribution in [0.3, 0.4) is 0 Å². The number of ether oxygens (including phenoxy) is 2. The van der Waals surface area contributed by atoms with E-state index in [9.17, 15) is 9.90 Å². The van der Waals surface area contributed by atoms with E-state index in [1.807, 2.05) is 0 Å². The van der Waals surface area contributed by atoms with Gasteiger partial charge in [0.15, 0.2) is 5.13 Å². The van der Waals surface area contributed by atoms with E-state index in [-0.39, 0.29) is 12.6 Å². The van der Waals surface area contributed by atoms with Gasteiger partial charge in [0.2, 0.25) is 0 Å². The summed E-state index contributed by atoms with van der Waals surface area (Å²) in [6.45, 7) is 0.525. The number of anilines is 1. The van der Waals surface area contributed by atoms with E-state index >= 15 is 0 Å². The molecule has 1 aromatic heterocycles. The predicted octanol–water partition coefficient (Wildman–Crippen LogP) is 3.51. The third kappa shape index (κ3) is 3.54. The Balaban J connectivity index is 1.54. The molecule has 150 valence electrons. The first kappa shape index (κ1) is 19.0. The van der Waals surface area contributed by atoms with Crippen LogP contribution in [0.1, 0.15) is 47.1 Å². The number of thiazole rings is 1. The van der Waals surface area contributed by atoms with E-state index in [1.54, 1.807) is 42.6 Å². The van der Waals surface area contributed by atoms with Gasteiger partial charge in [0.25, 0.3) is 0 Å². The van der Waals surface area contributed by atoms with Crippen LogP contribution in [-0.4, -0.2) is 41.8 Å². The van der Waals surface area contributed by atoms with Crippen LogP contribution in [0.25, 0.3) is 0 Å². The maximum absolute atomic E-state index is 12.9. The van der Waals surface area contributed by atoms with Crippen molar-refractivity contribution >= 4 is 22.5 Å². The van der Waals surface area contributed by atoms with Crippen molar-refractivity contribution in [3.8, 4) is 11.5 Å². The third-order valence-electron chi connectivity index (χ3n) is 5.39. The summed E-state index contributed by atoms with van der Waals surface area (Å²) in [5, 5.41) is 14.2. The van der Waals surface area contributed by atoms with E-state index in [1.165, 1.54) is 17.7 Å². The van der Waals surface area contributed by atoms with E-state index in [0.717, 1.165) is 30.5 Å². The van der Waals surface area contributed by atoms with Crippen molar-refractivity contribution in [1.82, 2.24) is 9.88 Å². The lowest BCUT2D eigenvalue weighted by Gasteiger charge is -2.33. The molecule has 0 radical (unpaired) electrons. The van der Waals surface area contributed by atoms with Gasteiger partial charge in [0, 0.05) is 16.0 Å². The highest BCUT2D eigenvalue weighted by Gasteiger charge is 2.32. The largest absolute Gasteiger partial charge is 0.496 e. The molecule has 1 aromatic carbocycles. The van der Waals surface area contributed by atoms with Gasteiger partial charge in [-0.15, -0.1) is 11.3 Å². The third-order valence-corrected chi connectivity index (χ3v) is 6.46. The fraction of sp³-hybridized carbons (Fsp3) is 0.500. The smallest absolute Gasteiger partial charge is 0.324 e. The van der Waals surface area contributed by atoms with Gasteiger partial charge in [-0.3, -0.25) is 5.32 Å². The highest BCUT2D eigenvalue weighted by molar-refractivity contribution is 7.15. The number of hydrogen-bond acceptors (Lipinski definition) is 6. The molecule has 2 aromatic rings. The Hall–Kier alpha value is -2.32. The number of carbonyl (C=O) groups excluding carboxylic acids is 1. The summed E-state index contributed by atoms with van der Waals surface area (Å²) in [5.41, 5.74) is 2.57. The Morgan fingerprint density at radius 2 is 1.96 bits per heavy atom. The predicted molar refractivity (Wildman–Crippen MR) is 107 cm³/mol. The first-order valence-corrected chi connectivity index (χ1v) is 10.4. The van der Waals surface area contributed by atoms with Crippen molar-refractivity contribution in [3.63, 3.8) is 0 Å². The maximum atomic E-state index is 12.9. The Morgan fingerprint density at radius 1 is 1.21 bits per heavy atom. The van der Waals surface area contributed by atoms with Gasteiger partial charge in [-0.25, -0.2) is 9.78 Å². The number of aliphatic hydroxyl groups is 1. The molecule has 1 unspecified atom stereocenters. The molecular formula is C20H25N3O4S. The number of aliphatic hydroxyl groups excluding tert-OH is 1. The van der Waals surface area contributed by atoms with E-state index < -0.39 is 6.10 Å². The van der Waals surface area contributed by atoms with Gasteiger partial charge in [-0.1, -0.05) is 6.42 Å². The number of aromatic nitrogens is 1. The Labute approximate surface area is 168 Å². The molecule has 8 heteroatoms. The van der Waals surface area contributed by atoms with Crippen LogP contribution in [0.2, 0.25) is 0 Å². The average Bonchev–Trinajstić information content (AvgIpc) is 2.94. The Bertz CT molecular complexity index is 859. The van der Waals surface area contributed by atoms with Crippen LogP contribution in [0.5, 0.6) is 11.5 Å². The van der Waals surface area contributed by atoms with Gasteiger partial charge in [-0.2, -0.15) is 0 Å². The molecule has 0 saturated carbocycles. The van der Waals surface area contributed by atoms with Gasteiger partial charge < -0.3 is 19.5 Å². The van der Waals surface area contributed by atoms with E-state index in [2.05, 4.69) is 10.3 Å². The lowest BCUT2D eigenvalue weighted by molar-refractivity contribution is 0.105. The zero-order chi connectivity index (χ0) is 19.7. The summed E-state index contributed by atoms with van der Waals surface area (Å²) in [6.07, 6.45) is 4.75. The standard InChI is InChI=1S/C20H25N3O4S/c1-26-15-8-9-16(27-2)18-12(15)10-23(11-14(18)24)20(25)22-19-21-13-6-4-3-5-7-17(13)28-19/h8-9,14,24H,3-7,10-11H2,1-2H3,(H,21,22,25). The van der Waals surface area contributed by atoms with Crippen molar-refractivity contribution in [2.45, 2.75) is 44.8 Å². The quantitative estimate of drug-likeness (QED) is 0.766. The summed E-state index contributed by atoms with van der Waals surface area (Å²) in [4.78, 5) is 20.3. The lowest BCUT2D eigenvalue weighted by Crippen LogP contribution is -2.41. The number of carbonyl (C=O) groups is 1. The fourth-order valence-corrected chi connectivity index (χ4v) is 5.02. The number of fused-ring (bicyclic) bond motifs is 2. The number of β-amino-alcohol motifs (C(OH)–C–C–N with tert-alkyl or cyclic N) is 1. The number of methoxy groups -OCH3 is 2. The molecule has 0 saturated heterocycles. The van der Waals surface area contributed by atoms with Crippen molar-refractivity contribution in [2.24, 2.45) is 0 Å². The number of urea groups is 1. The monoisotopic (exact) mass is 403 g/mol. The fourth-order valence-electron chi connectivity index (χ4n) is 3.98. The Kier molecular flexibility index (Phi) is 5.41. The summed E-state index contributed by atoms with van der Waals surface area (Å²) in [6, 6.07) is 3.31. The highest BCUT2D eigenvalue weighted by Crippen LogP contribution is 2.39. The number of hydrogen-bond donors (Lipinski definition) is 2. The normalized spacial score (nSPS) is 18.7. The van der Waals surface area contributed by atoms with E-state index in [4.69, 9.17) is 9.47 Å². The number of amides is 2. The summed E-state index contributed by atoms with van der Waals surface area (Å²) < 4.78 is 10.8. The first-order chi connectivity index (χ1) is 13.6. The van der Waals surface area contributed by atoms with Gasteiger partial charge in [-0.05, 0) is 37.8 Å². The minimum absolute atomic E-state index is 0.188. The maximum Gasteiger partial charge on any atom is 0.324 e. The van der Waals surface area contributed by atoms with Gasteiger partial charge >= 0.3 is 6.03 Å². The van der Waals surface area contributed by atoms with Crippen molar-refractivity contribution < 1.29 is 19.4 Å². The Morgan fingerprint density at radius 3 is 2.75 bits per heavy atom. The minimum atomic E-state index is -0.840. The topological polar surface area (TPSA) is 83.9 Å². The SMILES string of the molecule is COc1ccc(OC)c2c1CN(C(=O)Nc1nc3c(s1)CCCCC3)CC2O. The summed E-state index contributed by atoms with van der Waals surface area (Å²) >= 11 is 1.56. The van der Waals surface area contributed by atoms with E-state index in [0.29, 0.717) is 28.7 Å². The molecule has 2 aliphatic rings. The number of nitrogens with one attached hydrogen (secondary N) is 1. The average molecular weight is 404 g/mol. The molecule has 0 fully saturated rings. The molecule has 2 amide bonds. The molecule has 2 heterocycles. The first-order valence-electron chi connectivity index (χ1n) is 9.57. The van der Waals surface area contributed by atoms with Crippen LogP contribution in [0.15, 0.2) is 12.1 Å².